The Bertz CT molecular complexity index is 928. The first-order valence-electron chi connectivity index (χ1n) is 10.0. The van der Waals surface area contributed by atoms with Gasteiger partial charge in [0.05, 0.1) is 18.9 Å². The number of ether oxygens (including phenoxy) is 2. The van der Waals surface area contributed by atoms with Crippen LogP contribution in [0, 0.1) is 0 Å². The number of nitrogens with one attached hydrogen (secondary N) is 1. The summed E-state index contributed by atoms with van der Waals surface area (Å²) in [4.78, 5) is 29.4. The standard InChI is InChI=1S/C22H24BrN3O4/c1-15-22(28)26(9-8-25-10-12-29-13-11-25)19-14-18(6-7-20(19)30-15)24-21(27)16-2-4-17(23)5-3-16/h2-7,14-15H,8-13H2,1H3,(H,24,27). The van der Waals surface area contributed by atoms with Crippen LogP contribution in [0.25, 0.3) is 0 Å². The van der Waals surface area contributed by atoms with Crippen molar-refractivity contribution in [3.05, 3.63) is 52.5 Å². The number of carbonyl (C=O) groups excluding carboxylic acids is 2. The Labute approximate surface area is 184 Å². The van der Waals surface area contributed by atoms with Gasteiger partial charge in [0.15, 0.2) is 6.10 Å². The van der Waals surface area contributed by atoms with Gasteiger partial charge in [-0.1, -0.05) is 15.9 Å². The van der Waals surface area contributed by atoms with Crippen molar-refractivity contribution >= 4 is 39.1 Å². The SMILES string of the molecule is CC1Oc2ccc(NC(=O)c3ccc(Br)cc3)cc2N(CCN2CCOCC2)C1=O. The number of hydrogen-bond acceptors (Lipinski definition) is 5. The second-order valence-electron chi connectivity index (χ2n) is 7.35. The number of benzene rings is 2. The molecule has 0 radical (unpaired) electrons. The first kappa shape index (κ1) is 20.8. The normalized spacial score (nSPS) is 19.2. The van der Waals surface area contributed by atoms with Gasteiger partial charge in [-0.2, -0.15) is 0 Å². The van der Waals surface area contributed by atoms with Gasteiger partial charge in [0.1, 0.15) is 5.75 Å². The van der Waals surface area contributed by atoms with Crippen molar-refractivity contribution in [2.45, 2.75) is 13.0 Å². The summed E-state index contributed by atoms with van der Waals surface area (Å²) in [5, 5.41) is 2.91. The summed E-state index contributed by atoms with van der Waals surface area (Å²) in [6.45, 7) is 6.25. The minimum atomic E-state index is -0.537. The monoisotopic (exact) mass is 473 g/mol. The summed E-state index contributed by atoms with van der Waals surface area (Å²) in [5.41, 5.74) is 1.85. The summed E-state index contributed by atoms with van der Waals surface area (Å²) in [7, 11) is 0. The molecule has 1 unspecified atom stereocenters. The van der Waals surface area contributed by atoms with Crippen LogP contribution in [0.5, 0.6) is 5.75 Å². The van der Waals surface area contributed by atoms with Crippen molar-refractivity contribution in [1.82, 2.24) is 4.90 Å². The van der Waals surface area contributed by atoms with Gasteiger partial charge in [-0.05, 0) is 49.4 Å². The first-order valence-corrected chi connectivity index (χ1v) is 10.8. The lowest BCUT2D eigenvalue weighted by Crippen LogP contribution is -2.48. The van der Waals surface area contributed by atoms with E-state index in [-0.39, 0.29) is 11.8 Å². The number of nitrogens with zero attached hydrogens (tertiary/aromatic N) is 2. The fraction of sp³-hybridized carbons (Fsp3) is 0.364. The second-order valence-corrected chi connectivity index (χ2v) is 8.26. The van der Waals surface area contributed by atoms with Crippen molar-refractivity contribution in [2.75, 3.05) is 49.6 Å². The molecule has 0 saturated carbocycles. The number of amides is 2. The zero-order valence-corrected chi connectivity index (χ0v) is 18.4. The summed E-state index contributed by atoms with van der Waals surface area (Å²) >= 11 is 3.37. The van der Waals surface area contributed by atoms with E-state index in [1.807, 2.05) is 12.1 Å². The molecule has 1 fully saturated rings. The lowest BCUT2D eigenvalue weighted by molar-refractivity contribution is -0.125. The van der Waals surface area contributed by atoms with Gasteiger partial charge in [-0.15, -0.1) is 0 Å². The highest BCUT2D eigenvalue weighted by Gasteiger charge is 2.32. The number of carbonyl (C=O) groups is 2. The highest BCUT2D eigenvalue weighted by molar-refractivity contribution is 9.10. The highest BCUT2D eigenvalue weighted by Crippen LogP contribution is 2.36. The predicted molar refractivity (Wildman–Crippen MR) is 118 cm³/mol. The molecule has 0 aliphatic carbocycles. The highest BCUT2D eigenvalue weighted by atomic mass is 79.9. The van der Waals surface area contributed by atoms with Gasteiger partial charge in [0.25, 0.3) is 11.8 Å². The van der Waals surface area contributed by atoms with Crippen LogP contribution in [-0.4, -0.2) is 62.2 Å². The zero-order valence-electron chi connectivity index (χ0n) is 16.8. The molecule has 158 valence electrons. The lowest BCUT2D eigenvalue weighted by atomic mass is 10.1. The molecule has 1 saturated heterocycles. The smallest absolute Gasteiger partial charge is 0.267 e. The van der Waals surface area contributed by atoms with E-state index in [0.717, 1.165) is 37.3 Å². The van der Waals surface area contributed by atoms with Gasteiger partial charge < -0.3 is 19.7 Å². The van der Waals surface area contributed by atoms with Crippen LogP contribution in [0.1, 0.15) is 17.3 Å². The topological polar surface area (TPSA) is 71.1 Å². The summed E-state index contributed by atoms with van der Waals surface area (Å²) in [5.74, 6) is 0.358. The van der Waals surface area contributed by atoms with Crippen molar-refractivity contribution in [3.8, 4) is 5.75 Å². The van der Waals surface area contributed by atoms with E-state index in [4.69, 9.17) is 9.47 Å². The summed E-state index contributed by atoms with van der Waals surface area (Å²) < 4.78 is 12.1. The van der Waals surface area contributed by atoms with Gasteiger partial charge in [-0.25, -0.2) is 0 Å². The van der Waals surface area contributed by atoms with E-state index in [1.165, 1.54) is 0 Å². The Morgan fingerprint density at radius 2 is 1.87 bits per heavy atom. The average molecular weight is 474 g/mol. The Morgan fingerprint density at radius 1 is 1.13 bits per heavy atom. The minimum absolute atomic E-state index is 0.0767. The number of anilines is 2. The van der Waals surface area contributed by atoms with Crippen molar-refractivity contribution < 1.29 is 19.1 Å². The summed E-state index contributed by atoms with van der Waals surface area (Å²) in [6, 6.07) is 12.5. The molecule has 2 aromatic carbocycles. The largest absolute Gasteiger partial charge is 0.479 e. The molecule has 7 nitrogen and oxygen atoms in total. The number of hydrogen-bond donors (Lipinski definition) is 1. The lowest BCUT2D eigenvalue weighted by Gasteiger charge is -2.35. The van der Waals surface area contributed by atoms with Gasteiger partial charge in [0, 0.05) is 41.9 Å². The van der Waals surface area contributed by atoms with Crippen LogP contribution in [0.15, 0.2) is 46.9 Å². The quantitative estimate of drug-likeness (QED) is 0.721. The minimum Gasteiger partial charge on any atom is -0.479 e. The molecule has 1 atom stereocenters. The van der Waals surface area contributed by atoms with Crippen molar-refractivity contribution in [1.29, 1.82) is 0 Å². The van der Waals surface area contributed by atoms with Gasteiger partial charge >= 0.3 is 0 Å². The van der Waals surface area contributed by atoms with E-state index in [9.17, 15) is 9.59 Å². The molecule has 2 aliphatic rings. The van der Waals surface area contributed by atoms with Gasteiger partial charge in [-0.3, -0.25) is 14.5 Å². The molecule has 2 aliphatic heterocycles. The fourth-order valence-electron chi connectivity index (χ4n) is 3.59. The molecule has 4 rings (SSSR count). The van der Waals surface area contributed by atoms with Crippen LogP contribution in [-0.2, 0) is 9.53 Å². The molecule has 2 heterocycles. The molecule has 0 aromatic heterocycles. The average Bonchev–Trinajstić information content (AvgIpc) is 2.75. The van der Waals surface area contributed by atoms with Crippen LogP contribution in [0.3, 0.4) is 0 Å². The van der Waals surface area contributed by atoms with Crippen LogP contribution < -0.4 is 15.0 Å². The Morgan fingerprint density at radius 3 is 2.60 bits per heavy atom. The third-order valence-electron chi connectivity index (χ3n) is 5.28. The maximum absolute atomic E-state index is 12.8. The van der Waals surface area contributed by atoms with E-state index in [2.05, 4.69) is 26.1 Å². The van der Waals surface area contributed by atoms with Crippen LogP contribution >= 0.6 is 15.9 Å². The second kappa shape index (κ2) is 9.16. The van der Waals surface area contributed by atoms with E-state index >= 15 is 0 Å². The van der Waals surface area contributed by atoms with Crippen molar-refractivity contribution in [2.24, 2.45) is 0 Å². The fourth-order valence-corrected chi connectivity index (χ4v) is 3.85. The third-order valence-corrected chi connectivity index (χ3v) is 5.80. The molecule has 2 amide bonds. The predicted octanol–water partition coefficient (Wildman–Crippen LogP) is 3.15. The third kappa shape index (κ3) is 4.66. The molecular formula is C22H24BrN3O4. The Hall–Kier alpha value is -2.42. The number of fused-ring (bicyclic) bond motifs is 1. The van der Waals surface area contributed by atoms with Crippen LogP contribution in [0.2, 0.25) is 0 Å². The molecule has 8 heteroatoms. The van der Waals surface area contributed by atoms with Crippen LogP contribution in [0.4, 0.5) is 11.4 Å². The number of halogens is 1. The molecule has 2 aromatic rings. The van der Waals surface area contributed by atoms with Gasteiger partial charge in [0.2, 0.25) is 0 Å². The van der Waals surface area contributed by atoms with Crippen molar-refractivity contribution in [3.63, 3.8) is 0 Å². The molecule has 0 spiro atoms. The van der Waals surface area contributed by atoms with E-state index in [1.54, 1.807) is 42.2 Å². The molecule has 30 heavy (non-hydrogen) atoms. The molecular weight excluding hydrogens is 450 g/mol. The Kier molecular flexibility index (Phi) is 6.36. The zero-order chi connectivity index (χ0) is 21.1. The maximum atomic E-state index is 12.8. The van der Waals surface area contributed by atoms with E-state index < -0.39 is 6.10 Å². The Balaban J connectivity index is 1.52. The maximum Gasteiger partial charge on any atom is 0.267 e. The summed E-state index contributed by atoms with van der Waals surface area (Å²) in [6.07, 6.45) is -0.537. The molecule has 0 bridgehead atoms. The number of rotatable bonds is 5. The molecule has 1 N–H and O–H groups in total. The van der Waals surface area contributed by atoms with E-state index in [0.29, 0.717) is 29.2 Å². The first-order chi connectivity index (χ1) is 14.5. The number of morpholine rings is 1.